The van der Waals surface area contributed by atoms with Crippen molar-refractivity contribution in [2.75, 3.05) is 13.2 Å². The molecule has 2 aromatic carbocycles. The number of carboxylic acid groups (broad SMARTS) is 1. The summed E-state index contributed by atoms with van der Waals surface area (Å²) >= 11 is 0. The lowest BCUT2D eigenvalue weighted by Gasteiger charge is -2.25. The van der Waals surface area contributed by atoms with Crippen molar-refractivity contribution in [3.05, 3.63) is 59.7 Å². The van der Waals surface area contributed by atoms with Crippen molar-refractivity contribution in [2.24, 2.45) is 0 Å². The number of carboxylic acids is 1. The number of ether oxygens (including phenoxy) is 1. The molecule has 33 heavy (non-hydrogen) atoms. The molecular formula is C26H30N2O5. The van der Waals surface area contributed by atoms with Gasteiger partial charge in [0.25, 0.3) is 0 Å². The van der Waals surface area contributed by atoms with E-state index in [1.165, 1.54) is 4.90 Å². The van der Waals surface area contributed by atoms with Crippen LogP contribution in [-0.4, -0.2) is 53.2 Å². The molecule has 2 atom stereocenters. The van der Waals surface area contributed by atoms with E-state index in [0.717, 1.165) is 28.7 Å². The fourth-order valence-electron chi connectivity index (χ4n) is 5.03. The SMILES string of the molecule is CCC[C@@H](CC(=O)N1CCC[C@@H]1C(=O)O)NC(=O)OCC1c2ccccc2-c2ccccc21. The summed E-state index contributed by atoms with van der Waals surface area (Å²) in [4.78, 5) is 38.2. The fraction of sp³-hybridized carbons (Fsp3) is 0.423. The Morgan fingerprint density at radius 2 is 1.73 bits per heavy atom. The number of hydrogen-bond acceptors (Lipinski definition) is 4. The second-order valence-corrected chi connectivity index (χ2v) is 8.74. The van der Waals surface area contributed by atoms with Gasteiger partial charge in [-0.15, -0.1) is 0 Å². The van der Waals surface area contributed by atoms with Crippen molar-refractivity contribution in [1.29, 1.82) is 0 Å². The van der Waals surface area contributed by atoms with Crippen LogP contribution in [0.25, 0.3) is 11.1 Å². The number of likely N-dealkylation sites (tertiary alicyclic amines) is 1. The first kappa shape index (κ1) is 22.8. The molecule has 1 heterocycles. The highest BCUT2D eigenvalue weighted by Crippen LogP contribution is 2.44. The van der Waals surface area contributed by atoms with Gasteiger partial charge in [0.1, 0.15) is 12.6 Å². The highest BCUT2D eigenvalue weighted by atomic mass is 16.5. The second-order valence-electron chi connectivity index (χ2n) is 8.74. The van der Waals surface area contributed by atoms with Crippen LogP contribution < -0.4 is 5.32 Å². The summed E-state index contributed by atoms with van der Waals surface area (Å²) in [6.45, 7) is 2.63. The van der Waals surface area contributed by atoms with E-state index >= 15 is 0 Å². The molecule has 0 bridgehead atoms. The number of benzene rings is 2. The van der Waals surface area contributed by atoms with E-state index in [2.05, 4.69) is 29.6 Å². The Morgan fingerprint density at radius 1 is 1.09 bits per heavy atom. The molecule has 0 saturated carbocycles. The molecule has 0 unspecified atom stereocenters. The predicted octanol–water partition coefficient (Wildman–Crippen LogP) is 4.16. The van der Waals surface area contributed by atoms with E-state index in [9.17, 15) is 19.5 Å². The fourth-order valence-corrected chi connectivity index (χ4v) is 5.03. The molecule has 1 fully saturated rings. The van der Waals surface area contributed by atoms with Gasteiger partial charge in [-0.2, -0.15) is 0 Å². The topological polar surface area (TPSA) is 95.9 Å². The third kappa shape index (κ3) is 4.87. The molecule has 1 saturated heterocycles. The monoisotopic (exact) mass is 450 g/mol. The normalized spacial score (nSPS) is 17.8. The maximum Gasteiger partial charge on any atom is 0.407 e. The van der Waals surface area contributed by atoms with E-state index in [4.69, 9.17) is 4.74 Å². The van der Waals surface area contributed by atoms with Crippen molar-refractivity contribution >= 4 is 18.0 Å². The lowest BCUT2D eigenvalue weighted by molar-refractivity contribution is -0.148. The van der Waals surface area contributed by atoms with Crippen molar-refractivity contribution in [2.45, 2.75) is 57.0 Å². The molecule has 174 valence electrons. The smallest absolute Gasteiger partial charge is 0.407 e. The molecule has 0 spiro atoms. The summed E-state index contributed by atoms with van der Waals surface area (Å²) in [6, 6.07) is 15.1. The molecule has 2 amide bonds. The minimum atomic E-state index is -0.975. The van der Waals surface area contributed by atoms with Gasteiger partial charge in [-0.05, 0) is 41.5 Å². The molecule has 2 aliphatic rings. The minimum absolute atomic E-state index is 0.0321. The molecule has 1 aliphatic carbocycles. The maximum absolute atomic E-state index is 12.7. The van der Waals surface area contributed by atoms with E-state index in [-0.39, 0.29) is 24.9 Å². The molecule has 7 nitrogen and oxygen atoms in total. The Kier molecular flexibility index (Phi) is 6.96. The number of carbonyl (C=O) groups excluding carboxylic acids is 2. The number of rotatable bonds is 8. The number of hydrogen-bond donors (Lipinski definition) is 2. The van der Waals surface area contributed by atoms with Crippen LogP contribution in [0.4, 0.5) is 4.79 Å². The molecule has 7 heteroatoms. The quantitative estimate of drug-likeness (QED) is 0.630. The zero-order chi connectivity index (χ0) is 23.4. The molecule has 0 radical (unpaired) electrons. The average molecular weight is 451 g/mol. The van der Waals surface area contributed by atoms with E-state index in [0.29, 0.717) is 25.8 Å². The standard InChI is InChI=1S/C26H30N2O5/c1-2-8-17(15-24(29)28-14-7-13-23(28)25(30)31)27-26(32)33-16-22-20-11-5-3-9-18(20)19-10-4-6-12-21(19)22/h3-6,9-12,17,22-23H,2,7-8,13-16H2,1H3,(H,27,32)(H,30,31)/t17-,23+/m0/s1. The zero-order valence-corrected chi connectivity index (χ0v) is 18.8. The van der Waals surface area contributed by atoms with E-state index < -0.39 is 24.1 Å². The third-order valence-electron chi connectivity index (χ3n) is 6.58. The first-order valence-electron chi connectivity index (χ1n) is 11.6. The molecule has 1 aliphatic heterocycles. The van der Waals surface area contributed by atoms with Crippen molar-refractivity contribution in [3.63, 3.8) is 0 Å². The summed E-state index contributed by atoms with van der Waals surface area (Å²) in [6.07, 6.45) is 2.06. The van der Waals surface area contributed by atoms with Crippen LogP contribution in [0.5, 0.6) is 0 Å². The van der Waals surface area contributed by atoms with Gasteiger partial charge in [0.15, 0.2) is 0 Å². The Hall–Kier alpha value is -3.35. The Labute approximate surface area is 193 Å². The summed E-state index contributed by atoms with van der Waals surface area (Å²) in [7, 11) is 0. The number of alkyl carbamates (subject to hydrolysis) is 1. The van der Waals surface area contributed by atoms with Crippen molar-refractivity contribution in [3.8, 4) is 11.1 Å². The highest BCUT2D eigenvalue weighted by Gasteiger charge is 2.35. The number of nitrogens with zero attached hydrogens (tertiary/aromatic N) is 1. The molecular weight excluding hydrogens is 420 g/mol. The van der Waals surface area contributed by atoms with Gasteiger partial charge in [-0.3, -0.25) is 4.79 Å². The second kappa shape index (κ2) is 10.1. The lowest BCUT2D eigenvalue weighted by Crippen LogP contribution is -2.44. The van der Waals surface area contributed by atoms with Gasteiger partial charge in [-0.25, -0.2) is 9.59 Å². The summed E-state index contributed by atoms with van der Waals surface area (Å²) in [5.74, 6) is -1.25. The number of carbonyl (C=O) groups is 3. The molecule has 2 aromatic rings. The number of fused-ring (bicyclic) bond motifs is 3. The maximum atomic E-state index is 12.7. The van der Waals surface area contributed by atoms with Crippen molar-refractivity contribution < 1.29 is 24.2 Å². The molecule has 0 aromatic heterocycles. The number of aliphatic carboxylic acids is 1. The summed E-state index contributed by atoms with van der Waals surface area (Å²) in [5, 5.41) is 12.2. The van der Waals surface area contributed by atoms with Crippen molar-refractivity contribution in [1.82, 2.24) is 10.2 Å². The largest absolute Gasteiger partial charge is 0.480 e. The lowest BCUT2D eigenvalue weighted by atomic mass is 9.98. The average Bonchev–Trinajstić information content (AvgIpc) is 3.42. The summed E-state index contributed by atoms with van der Waals surface area (Å²) in [5.41, 5.74) is 4.60. The molecule has 2 N–H and O–H groups in total. The van der Waals surface area contributed by atoms with Crippen LogP contribution in [0.3, 0.4) is 0 Å². The van der Waals surface area contributed by atoms with Crippen LogP contribution in [0, 0.1) is 0 Å². The van der Waals surface area contributed by atoms with Gasteiger partial charge in [0.2, 0.25) is 5.91 Å². The Bertz CT molecular complexity index is 991. The summed E-state index contributed by atoms with van der Waals surface area (Å²) < 4.78 is 5.61. The predicted molar refractivity (Wildman–Crippen MR) is 124 cm³/mol. The van der Waals surface area contributed by atoms with Gasteiger partial charge >= 0.3 is 12.1 Å². The number of nitrogens with one attached hydrogen (secondary N) is 1. The van der Waals surface area contributed by atoms with Crippen LogP contribution in [-0.2, 0) is 14.3 Å². The number of amides is 2. The van der Waals surface area contributed by atoms with E-state index in [1.807, 2.05) is 31.2 Å². The molecule has 4 rings (SSSR count). The van der Waals surface area contributed by atoms with Crippen LogP contribution in [0.1, 0.15) is 56.1 Å². The van der Waals surface area contributed by atoms with Crippen LogP contribution in [0.2, 0.25) is 0 Å². The van der Waals surface area contributed by atoms with Gasteiger partial charge in [0, 0.05) is 24.9 Å². The minimum Gasteiger partial charge on any atom is -0.480 e. The Balaban J connectivity index is 1.37. The Morgan fingerprint density at radius 3 is 2.33 bits per heavy atom. The van der Waals surface area contributed by atoms with Gasteiger partial charge in [-0.1, -0.05) is 61.9 Å². The van der Waals surface area contributed by atoms with Crippen LogP contribution in [0.15, 0.2) is 48.5 Å². The first-order chi connectivity index (χ1) is 16.0. The van der Waals surface area contributed by atoms with E-state index in [1.54, 1.807) is 0 Å². The first-order valence-corrected chi connectivity index (χ1v) is 11.6. The highest BCUT2D eigenvalue weighted by molar-refractivity contribution is 5.85. The van der Waals surface area contributed by atoms with Gasteiger partial charge < -0.3 is 20.1 Å². The zero-order valence-electron chi connectivity index (χ0n) is 18.8. The third-order valence-corrected chi connectivity index (χ3v) is 6.58. The van der Waals surface area contributed by atoms with Gasteiger partial charge in [0.05, 0.1) is 0 Å². The van der Waals surface area contributed by atoms with Crippen LogP contribution >= 0.6 is 0 Å².